The van der Waals surface area contributed by atoms with Crippen LogP contribution in [0.5, 0.6) is 0 Å². The maximum Gasteiger partial charge on any atom is 0.304 e. The molecule has 0 N–H and O–H groups in total. The van der Waals surface area contributed by atoms with E-state index in [2.05, 4.69) is 23.7 Å². The highest BCUT2D eigenvalue weighted by Gasteiger charge is 2.16. The van der Waals surface area contributed by atoms with Crippen LogP contribution in [0.25, 0.3) is 0 Å². The van der Waals surface area contributed by atoms with Crippen LogP contribution < -0.4 is 0 Å². The van der Waals surface area contributed by atoms with E-state index >= 15 is 0 Å². The van der Waals surface area contributed by atoms with E-state index in [0.717, 1.165) is 0 Å². The monoisotopic (exact) mass is 207 g/mol. The van der Waals surface area contributed by atoms with Gasteiger partial charge in [0.2, 0.25) is 0 Å². The molecule has 0 aromatic rings. The average Bonchev–Trinajstić information content (AvgIpc) is 1.99. The van der Waals surface area contributed by atoms with Crippen LogP contribution in [0, 0.1) is 23.7 Å². The van der Waals surface area contributed by atoms with Crippen molar-refractivity contribution in [1.29, 1.82) is 0 Å². The standard InChI is InChI=1S/C12H17NO2/c1-11(14)15-12(2,3)9-7-6-8-10-13(4)5/h10H2,1-5H3. The van der Waals surface area contributed by atoms with Gasteiger partial charge in [-0.05, 0) is 45.7 Å². The van der Waals surface area contributed by atoms with Crippen LogP contribution in [0.1, 0.15) is 20.8 Å². The summed E-state index contributed by atoms with van der Waals surface area (Å²) in [4.78, 5) is 12.7. The summed E-state index contributed by atoms with van der Waals surface area (Å²) in [6, 6.07) is 0. The van der Waals surface area contributed by atoms with Gasteiger partial charge in [0.25, 0.3) is 0 Å². The fourth-order valence-electron chi connectivity index (χ4n) is 0.808. The molecule has 0 aliphatic carbocycles. The largest absolute Gasteiger partial charge is 0.447 e. The van der Waals surface area contributed by atoms with Crippen LogP contribution in [0.15, 0.2) is 0 Å². The molecule has 0 aliphatic rings. The van der Waals surface area contributed by atoms with Crippen molar-refractivity contribution in [3.8, 4) is 23.7 Å². The van der Waals surface area contributed by atoms with Gasteiger partial charge in [0, 0.05) is 6.92 Å². The lowest BCUT2D eigenvalue weighted by Crippen LogP contribution is -2.24. The van der Waals surface area contributed by atoms with E-state index in [1.165, 1.54) is 6.92 Å². The molecule has 0 bridgehead atoms. The van der Waals surface area contributed by atoms with Crippen LogP contribution in [0.4, 0.5) is 0 Å². The van der Waals surface area contributed by atoms with E-state index in [4.69, 9.17) is 4.74 Å². The van der Waals surface area contributed by atoms with Crippen molar-refractivity contribution in [1.82, 2.24) is 4.90 Å². The highest BCUT2D eigenvalue weighted by molar-refractivity contribution is 5.67. The molecule has 3 heteroatoms. The van der Waals surface area contributed by atoms with Crippen LogP contribution in [0.3, 0.4) is 0 Å². The molecule has 0 spiro atoms. The minimum atomic E-state index is -0.765. The normalized spacial score (nSPS) is 9.73. The molecule has 0 rings (SSSR count). The minimum Gasteiger partial charge on any atom is -0.447 e. The number of esters is 1. The number of hydrogen-bond acceptors (Lipinski definition) is 3. The van der Waals surface area contributed by atoms with E-state index in [1.54, 1.807) is 13.8 Å². The smallest absolute Gasteiger partial charge is 0.304 e. The number of hydrogen-bond donors (Lipinski definition) is 0. The van der Waals surface area contributed by atoms with Crippen molar-refractivity contribution < 1.29 is 9.53 Å². The maximum atomic E-state index is 10.7. The summed E-state index contributed by atoms with van der Waals surface area (Å²) < 4.78 is 4.97. The van der Waals surface area contributed by atoms with E-state index in [1.807, 2.05) is 19.0 Å². The summed E-state index contributed by atoms with van der Waals surface area (Å²) in [5.74, 6) is 10.7. The van der Waals surface area contributed by atoms with Crippen LogP contribution in [0.2, 0.25) is 0 Å². The molecule has 0 heterocycles. The molecule has 0 radical (unpaired) electrons. The molecule has 0 atom stereocenters. The van der Waals surface area contributed by atoms with Crippen molar-refractivity contribution in [3.63, 3.8) is 0 Å². The Balaban J connectivity index is 4.24. The zero-order valence-corrected chi connectivity index (χ0v) is 9.97. The third-order valence-corrected chi connectivity index (χ3v) is 1.31. The van der Waals surface area contributed by atoms with Crippen molar-refractivity contribution in [3.05, 3.63) is 0 Å². The van der Waals surface area contributed by atoms with Crippen molar-refractivity contribution in [2.75, 3.05) is 20.6 Å². The zero-order chi connectivity index (χ0) is 11.9. The van der Waals surface area contributed by atoms with E-state index < -0.39 is 5.60 Å². The molecular weight excluding hydrogens is 190 g/mol. The molecule has 0 aliphatic heterocycles. The van der Waals surface area contributed by atoms with Gasteiger partial charge in [-0.15, -0.1) is 0 Å². The van der Waals surface area contributed by atoms with Crippen LogP contribution in [-0.2, 0) is 9.53 Å². The van der Waals surface area contributed by atoms with E-state index in [9.17, 15) is 4.79 Å². The first-order chi connectivity index (χ1) is 6.83. The van der Waals surface area contributed by atoms with Gasteiger partial charge in [-0.25, -0.2) is 0 Å². The first kappa shape index (κ1) is 13.5. The van der Waals surface area contributed by atoms with Crippen LogP contribution >= 0.6 is 0 Å². The Morgan fingerprint density at radius 3 is 2.40 bits per heavy atom. The van der Waals surface area contributed by atoms with Gasteiger partial charge >= 0.3 is 5.97 Å². The highest BCUT2D eigenvalue weighted by Crippen LogP contribution is 2.06. The lowest BCUT2D eigenvalue weighted by atomic mass is 10.1. The molecule has 0 saturated heterocycles. The van der Waals surface area contributed by atoms with Gasteiger partial charge < -0.3 is 4.74 Å². The van der Waals surface area contributed by atoms with Crippen LogP contribution in [-0.4, -0.2) is 37.1 Å². The van der Waals surface area contributed by atoms with E-state index in [-0.39, 0.29) is 5.97 Å². The minimum absolute atomic E-state index is 0.337. The second-order valence-electron chi connectivity index (χ2n) is 3.89. The Labute approximate surface area is 91.8 Å². The number of carbonyl (C=O) groups excluding carboxylic acids is 1. The first-order valence-electron chi connectivity index (χ1n) is 4.68. The third-order valence-electron chi connectivity index (χ3n) is 1.31. The fourth-order valence-corrected chi connectivity index (χ4v) is 0.808. The summed E-state index contributed by atoms with van der Waals surface area (Å²) in [6.07, 6.45) is 0. The van der Waals surface area contributed by atoms with Crippen molar-refractivity contribution >= 4 is 5.97 Å². The Bertz CT molecular complexity index is 334. The Morgan fingerprint density at radius 2 is 1.93 bits per heavy atom. The van der Waals surface area contributed by atoms with Gasteiger partial charge in [-0.3, -0.25) is 9.69 Å². The lowest BCUT2D eigenvalue weighted by Gasteiger charge is -2.16. The molecule has 0 aromatic heterocycles. The summed E-state index contributed by atoms with van der Waals surface area (Å²) in [7, 11) is 3.87. The van der Waals surface area contributed by atoms with Gasteiger partial charge in [-0.2, -0.15) is 0 Å². The predicted molar refractivity (Wildman–Crippen MR) is 60.0 cm³/mol. The second-order valence-corrected chi connectivity index (χ2v) is 3.89. The molecule has 15 heavy (non-hydrogen) atoms. The topological polar surface area (TPSA) is 29.5 Å². The van der Waals surface area contributed by atoms with Crippen molar-refractivity contribution in [2.45, 2.75) is 26.4 Å². The first-order valence-corrected chi connectivity index (χ1v) is 4.68. The molecule has 82 valence electrons. The molecule has 0 amide bonds. The number of ether oxygens (including phenoxy) is 1. The molecular formula is C12H17NO2. The summed E-state index contributed by atoms with van der Waals surface area (Å²) >= 11 is 0. The SMILES string of the molecule is CC(=O)OC(C)(C)C#CC#CCN(C)C. The van der Waals surface area contributed by atoms with Gasteiger partial charge in [0.15, 0.2) is 5.60 Å². The molecule has 3 nitrogen and oxygen atoms in total. The number of carbonyl (C=O) groups is 1. The van der Waals surface area contributed by atoms with Gasteiger partial charge in [0.05, 0.1) is 6.54 Å². The molecule has 0 aromatic carbocycles. The molecule has 0 unspecified atom stereocenters. The quantitative estimate of drug-likeness (QED) is 0.497. The van der Waals surface area contributed by atoms with Crippen molar-refractivity contribution in [2.24, 2.45) is 0 Å². The predicted octanol–water partition coefficient (Wildman–Crippen LogP) is 0.896. The fraction of sp³-hybridized carbons (Fsp3) is 0.583. The highest BCUT2D eigenvalue weighted by atomic mass is 16.6. The second kappa shape index (κ2) is 6.11. The summed E-state index contributed by atoms with van der Waals surface area (Å²) in [6.45, 7) is 5.49. The number of rotatable bonds is 2. The maximum absolute atomic E-state index is 10.7. The molecule has 0 fully saturated rings. The summed E-state index contributed by atoms with van der Waals surface area (Å²) in [5, 5.41) is 0. The Morgan fingerprint density at radius 1 is 1.33 bits per heavy atom. The van der Waals surface area contributed by atoms with E-state index in [0.29, 0.717) is 6.54 Å². The Kier molecular flexibility index (Phi) is 5.52. The van der Waals surface area contributed by atoms with Gasteiger partial charge in [-0.1, -0.05) is 5.92 Å². The number of nitrogens with zero attached hydrogens (tertiary/aromatic N) is 1. The summed E-state index contributed by atoms with van der Waals surface area (Å²) in [5.41, 5.74) is -0.765. The third kappa shape index (κ3) is 8.87. The Hall–Kier alpha value is -1.45. The molecule has 0 saturated carbocycles. The van der Waals surface area contributed by atoms with Gasteiger partial charge in [0.1, 0.15) is 0 Å². The average molecular weight is 207 g/mol. The lowest BCUT2D eigenvalue weighted by molar-refractivity contribution is -0.148. The zero-order valence-electron chi connectivity index (χ0n) is 9.97.